The zero-order valence-electron chi connectivity index (χ0n) is 8.00. The normalized spacial score (nSPS) is 16.9. The Bertz CT molecular complexity index is 382. The van der Waals surface area contributed by atoms with Crippen LogP contribution in [-0.2, 0) is 14.3 Å². The maximum absolute atomic E-state index is 12.6. The Morgan fingerprint density at radius 2 is 1.16 bits per heavy atom. The van der Waals surface area contributed by atoms with E-state index in [0.29, 0.717) is 0 Å². The van der Waals surface area contributed by atoms with E-state index in [0.717, 1.165) is 0 Å². The first-order valence-electron chi connectivity index (χ1n) is 3.71. The number of ketones is 1. The van der Waals surface area contributed by atoms with Gasteiger partial charge in [0.1, 0.15) is 0 Å². The number of rotatable bonds is 4. The van der Waals surface area contributed by atoms with Gasteiger partial charge in [0, 0.05) is 0 Å². The maximum atomic E-state index is 12.6. The molecule has 0 aliphatic heterocycles. The Kier molecular flexibility index (Phi) is 4.27. The Balaban J connectivity index is 5.52. The highest BCUT2D eigenvalue weighted by Gasteiger charge is 2.71. The summed E-state index contributed by atoms with van der Waals surface area (Å²) in [7, 11) is 0. The van der Waals surface area contributed by atoms with Gasteiger partial charge >= 0.3 is 36.1 Å². The highest BCUT2D eigenvalue weighted by Crippen LogP contribution is 2.42. The van der Waals surface area contributed by atoms with Crippen LogP contribution in [-0.4, -0.2) is 36.1 Å². The second-order valence-electron chi connectivity index (χ2n) is 2.81. The second kappa shape index (κ2) is 4.61. The first-order valence-corrected chi connectivity index (χ1v) is 3.71. The Labute approximate surface area is 95.7 Å². The van der Waals surface area contributed by atoms with Gasteiger partial charge in [-0.15, -0.1) is 0 Å². The van der Waals surface area contributed by atoms with Gasteiger partial charge in [-0.25, -0.2) is 0 Å². The summed E-state index contributed by atoms with van der Waals surface area (Å²) >= 11 is 0. The lowest BCUT2D eigenvalue weighted by Gasteiger charge is -2.27. The lowest BCUT2D eigenvalue weighted by molar-refractivity contribution is -0.387. The summed E-state index contributed by atoms with van der Waals surface area (Å²) in [5, 5.41) is 0. The molecule has 0 bridgehead atoms. The minimum absolute atomic E-state index is 1.82. The number of Topliss-reactive ketones (excluding diaryl/α,β-unsaturated/α-hetero) is 1. The van der Waals surface area contributed by atoms with E-state index in [1.165, 1.54) is 0 Å². The third-order valence-corrected chi connectivity index (χ3v) is 1.41. The molecule has 112 valence electrons. The van der Waals surface area contributed by atoms with Crippen LogP contribution in [0.25, 0.3) is 0 Å². The van der Waals surface area contributed by atoms with Crippen molar-refractivity contribution in [3.8, 4) is 0 Å². The average molecular weight is 310 g/mol. The van der Waals surface area contributed by atoms with Crippen LogP contribution in [0.3, 0.4) is 0 Å². The largest absolute Gasteiger partial charge is 0.459 e. The molecule has 0 aromatic rings. The summed E-state index contributed by atoms with van der Waals surface area (Å²) in [6.07, 6.45) is -19.6. The summed E-state index contributed by atoms with van der Waals surface area (Å²) in [4.78, 5) is 19.6. The fraction of sp³-hybridized carbons (Fsp3) is 0.667. The second-order valence-corrected chi connectivity index (χ2v) is 2.81. The minimum Gasteiger partial charge on any atom is -0.280 e. The topological polar surface area (TPSA) is 43.4 Å². The monoisotopic (exact) mass is 310 g/mol. The number of alkyl halides is 9. The van der Waals surface area contributed by atoms with Crippen molar-refractivity contribution in [2.24, 2.45) is 0 Å². The van der Waals surface area contributed by atoms with Crippen molar-refractivity contribution in [2.45, 2.75) is 24.3 Å². The molecule has 0 aliphatic carbocycles. The smallest absolute Gasteiger partial charge is 0.280 e. The molecule has 0 radical (unpaired) electrons. The Morgan fingerprint density at radius 3 is 1.37 bits per heavy atom. The zero-order valence-corrected chi connectivity index (χ0v) is 8.00. The predicted molar refractivity (Wildman–Crippen MR) is 33.1 cm³/mol. The molecule has 0 saturated heterocycles. The molecule has 3 nitrogen and oxygen atoms in total. The van der Waals surface area contributed by atoms with Crippen molar-refractivity contribution in [2.75, 3.05) is 0 Å². The number of ether oxygens (including phenoxy) is 1. The summed E-state index contributed by atoms with van der Waals surface area (Å²) in [5.41, 5.74) is 0. The summed E-state index contributed by atoms with van der Waals surface area (Å²) in [6.45, 7) is 0. The highest BCUT2D eigenvalue weighted by atomic mass is 19.4. The van der Waals surface area contributed by atoms with Crippen LogP contribution in [0.4, 0.5) is 43.9 Å². The van der Waals surface area contributed by atoms with Gasteiger partial charge in [0.25, 0.3) is 0 Å². The molecule has 0 rings (SSSR count). The van der Waals surface area contributed by atoms with Gasteiger partial charge in [0.2, 0.25) is 0 Å². The summed E-state index contributed by atoms with van der Waals surface area (Å²) < 4.78 is 121. The quantitative estimate of drug-likeness (QED) is 0.592. The predicted octanol–water partition coefficient (Wildman–Crippen LogP) is 2.45. The molecule has 0 amide bonds. The van der Waals surface area contributed by atoms with E-state index in [4.69, 9.17) is 0 Å². The van der Waals surface area contributed by atoms with E-state index < -0.39 is 36.1 Å². The van der Waals surface area contributed by atoms with Crippen LogP contribution >= 0.6 is 0 Å². The van der Waals surface area contributed by atoms with Crippen LogP contribution in [0, 0.1) is 0 Å². The van der Waals surface area contributed by atoms with Gasteiger partial charge in [-0.05, 0) is 0 Å². The Hall–Kier alpha value is -1.40. The van der Waals surface area contributed by atoms with Crippen molar-refractivity contribution in [3.05, 3.63) is 0 Å². The van der Waals surface area contributed by atoms with E-state index in [2.05, 4.69) is 0 Å². The lowest BCUT2D eigenvalue weighted by atomic mass is 10.3. The summed E-state index contributed by atoms with van der Waals surface area (Å²) in [5.74, 6) is -10.6. The summed E-state index contributed by atoms with van der Waals surface area (Å²) in [6, 6.07) is -4.20. The van der Waals surface area contributed by atoms with Gasteiger partial charge in [-0.3, -0.25) is 14.3 Å². The zero-order chi connectivity index (χ0) is 15.9. The van der Waals surface area contributed by atoms with Crippen LogP contribution in [0.2, 0.25) is 0 Å². The van der Waals surface area contributed by atoms with Crippen LogP contribution in [0.5, 0.6) is 0 Å². The van der Waals surface area contributed by atoms with Gasteiger partial charge in [-0.2, -0.15) is 43.9 Å². The molecule has 0 saturated carbocycles. The molecular formula is C6F10O3. The molecule has 13 heteroatoms. The lowest BCUT2D eigenvalue weighted by Crippen LogP contribution is -2.56. The van der Waals surface area contributed by atoms with E-state index >= 15 is 0 Å². The number of hydrogen-bond donors (Lipinski definition) is 0. The molecule has 1 atom stereocenters. The molecule has 1 unspecified atom stereocenters. The molecule has 0 spiro atoms. The number of halogens is 10. The Morgan fingerprint density at radius 1 is 0.789 bits per heavy atom. The van der Waals surface area contributed by atoms with Gasteiger partial charge in [-0.1, -0.05) is 0 Å². The van der Waals surface area contributed by atoms with Crippen molar-refractivity contribution >= 4 is 11.8 Å². The first-order chi connectivity index (χ1) is 8.06. The average Bonchev–Trinajstić information content (AvgIpc) is 2.12. The molecule has 0 N–H and O–H groups in total. The molecular weight excluding hydrogens is 310 g/mol. The van der Waals surface area contributed by atoms with Crippen molar-refractivity contribution < 1.29 is 58.2 Å². The van der Waals surface area contributed by atoms with E-state index in [9.17, 15) is 53.5 Å². The van der Waals surface area contributed by atoms with Gasteiger partial charge < -0.3 is 0 Å². The van der Waals surface area contributed by atoms with Crippen molar-refractivity contribution in [1.82, 2.24) is 0 Å². The standard InChI is InChI=1S/C6F10O3/c7-2(18)3(8,6(14,15)16)19-5(12,13)1(17)4(9,10)11. The van der Waals surface area contributed by atoms with Crippen LogP contribution < -0.4 is 0 Å². The van der Waals surface area contributed by atoms with E-state index in [1.807, 2.05) is 4.74 Å². The molecule has 0 aliphatic rings. The van der Waals surface area contributed by atoms with E-state index in [-0.39, 0.29) is 0 Å². The van der Waals surface area contributed by atoms with Crippen LogP contribution in [0.15, 0.2) is 0 Å². The van der Waals surface area contributed by atoms with Crippen LogP contribution in [0.1, 0.15) is 0 Å². The molecule has 0 heterocycles. The number of hydrogen-bond acceptors (Lipinski definition) is 3. The SMILES string of the molecule is O=C(C(F)(F)F)C(F)(F)OC(F)(C(=O)F)C(F)(F)F. The van der Waals surface area contributed by atoms with Gasteiger partial charge in [0.05, 0.1) is 0 Å². The number of carbonyl (C=O) groups excluding carboxylic acids is 2. The third kappa shape index (κ3) is 3.54. The van der Waals surface area contributed by atoms with Crippen molar-refractivity contribution in [3.63, 3.8) is 0 Å². The van der Waals surface area contributed by atoms with E-state index in [1.54, 1.807) is 0 Å². The fourth-order valence-corrected chi connectivity index (χ4v) is 0.597. The fourth-order valence-electron chi connectivity index (χ4n) is 0.597. The highest BCUT2D eigenvalue weighted by molar-refractivity contribution is 5.90. The maximum Gasteiger partial charge on any atom is 0.459 e. The molecule has 0 aromatic heterocycles. The molecule has 0 aromatic carbocycles. The molecule has 0 fully saturated rings. The van der Waals surface area contributed by atoms with Gasteiger partial charge in [0.15, 0.2) is 0 Å². The minimum atomic E-state index is -6.77. The number of carbonyl (C=O) groups is 2. The molecule has 19 heavy (non-hydrogen) atoms. The van der Waals surface area contributed by atoms with Crippen molar-refractivity contribution in [1.29, 1.82) is 0 Å². The first kappa shape index (κ1) is 17.6. The third-order valence-electron chi connectivity index (χ3n) is 1.41.